The number of methoxy groups -OCH3 is 2. The fourth-order valence-corrected chi connectivity index (χ4v) is 4.82. The van der Waals surface area contributed by atoms with Gasteiger partial charge in [0.2, 0.25) is 0 Å². The van der Waals surface area contributed by atoms with E-state index in [1.54, 1.807) is 31.4 Å². The Kier molecular flexibility index (Phi) is 7.36. The molecule has 1 heterocycles. The zero-order chi connectivity index (χ0) is 25.8. The van der Waals surface area contributed by atoms with Gasteiger partial charge in [0.05, 0.1) is 19.9 Å². The topological polar surface area (TPSA) is 97.8 Å². The highest BCUT2D eigenvalue weighted by molar-refractivity contribution is 7.17. The number of aromatic nitrogens is 1. The number of thiazole rings is 1. The lowest BCUT2D eigenvalue weighted by Crippen LogP contribution is -2.22. The van der Waals surface area contributed by atoms with E-state index in [4.69, 9.17) is 9.47 Å². The lowest BCUT2D eigenvalue weighted by molar-refractivity contribution is 0.0693. The van der Waals surface area contributed by atoms with Crippen LogP contribution in [0.3, 0.4) is 0 Å². The third kappa shape index (κ3) is 5.23. The van der Waals surface area contributed by atoms with Crippen molar-refractivity contribution in [3.8, 4) is 33.2 Å². The monoisotopic (exact) mass is 502 g/mol. The van der Waals surface area contributed by atoms with Gasteiger partial charge in [-0.3, -0.25) is 4.79 Å². The molecule has 4 aromatic rings. The van der Waals surface area contributed by atoms with E-state index in [9.17, 15) is 14.7 Å². The highest BCUT2D eigenvalue weighted by atomic mass is 32.1. The number of nitrogens with one attached hydrogen (secondary N) is 1. The molecule has 0 saturated carbocycles. The fourth-order valence-electron chi connectivity index (χ4n) is 3.83. The van der Waals surface area contributed by atoms with Crippen LogP contribution in [0.5, 0.6) is 11.5 Å². The normalized spacial score (nSPS) is 10.7. The Morgan fingerprint density at radius 1 is 0.889 bits per heavy atom. The molecule has 0 spiro atoms. The highest BCUT2D eigenvalue weighted by Crippen LogP contribution is 2.31. The van der Waals surface area contributed by atoms with Gasteiger partial charge in [0.15, 0.2) is 0 Å². The first-order valence-corrected chi connectivity index (χ1v) is 12.0. The lowest BCUT2D eigenvalue weighted by Gasteiger charge is -2.13. The zero-order valence-corrected chi connectivity index (χ0v) is 21.2. The molecule has 0 atom stereocenters. The number of ether oxygens (including phenoxy) is 2. The number of hydrogen-bond acceptors (Lipinski definition) is 6. The van der Waals surface area contributed by atoms with Gasteiger partial charge in [-0.25, -0.2) is 9.78 Å². The molecule has 0 radical (unpaired) electrons. The van der Waals surface area contributed by atoms with E-state index < -0.39 is 5.97 Å². The maximum atomic E-state index is 13.0. The molecule has 36 heavy (non-hydrogen) atoms. The minimum atomic E-state index is -1.07. The Balaban J connectivity index is 1.56. The molecule has 3 aromatic carbocycles. The van der Waals surface area contributed by atoms with Crippen molar-refractivity contribution >= 4 is 23.2 Å². The summed E-state index contributed by atoms with van der Waals surface area (Å²) in [7, 11) is 3.00. The number of carbonyl (C=O) groups is 2. The van der Waals surface area contributed by atoms with Gasteiger partial charge >= 0.3 is 5.97 Å². The van der Waals surface area contributed by atoms with E-state index in [1.807, 2.05) is 50.2 Å². The second kappa shape index (κ2) is 10.6. The number of aryl methyl sites for hydroxylation is 2. The van der Waals surface area contributed by atoms with Crippen LogP contribution in [0, 0.1) is 13.8 Å². The summed E-state index contributed by atoms with van der Waals surface area (Å²) in [6.07, 6.45) is 0. The third-order valence-corrected chi connectivity index (χ3v) is 6.99. The zero-order valence-electron chi connectivity index (χ0n) is 20.4. The van der Waals surface area contributed by atoms with Crippen LogP contribution < -0.4 is 14.8 Å². The molecular weight excluding hydrogens is 476 g/mol. The lowest BCUT2D eigenvalue weighted by atomic mass is 10.00. The second-order valence-electron chi connectivity index (χ2n) is 8.23. The van der Waals surface area contributed by atoms with E-state index in [2.05, 4.69) is 10.3 Å². The molecule has 1 aromatic heterocycles. The summed E-state index contributed by atoms with van der Waals surface area (Å²) >= 11 is 1.36. The molecule has 4 rings (SSSR count). The highest BCUT2D eigenvalue weighted by Gasteiger charge is 2.18. The van der Waals surface area contributed by atoms with Crippen molar-refractivity contribution in [3.63, 3.8) is 0 Å². The van der Waals surface area contributed by atoms with Crippen LogP contribution >= 0.6 is 11.3 Å². The first kappa shape index (κ1) is 24.9. The van der Waals surface area contributed by atoms with Crippen molar-refractivity contribution in [1.82, 2.24) is 10.3 Å². The second-order valence-corrected chi connectivity index (χ2v) is 9.23. The Bertz CT molecular complexity index is 1430. The number of hydrogen-bond donors (Lipinski definition) is 2. The molecule has 0 aliphatic rings. The molecule has 0 aliphatic carbocycles. The maximum Gasteiger partial charge on any atom is 0.339 e. The predicted molar refractivity (Wildman–Crippen MR) is 140 cm³/mol. The SMILES string of the molecule is COc1ccc(-c2ccc(OC)c(C(=O)O)c2)cc1CNC(=O)c1sc(-c2ccc(C)cc2)nc1C. The van der Waals surface area contributed by atoms with E-state index in [-0.39, 0.29) is 23.8 Å². The minimum absolute atomic E-state index is 0.0747. The van der Waals surface area contributed by atoms with Crippen LogP contribution in [-0.4, -0.2) is 36.2 Å². The number of carboxylic acids is 1. The number of amides is 1. The first-order valence-electron chi connectivity index (χ1n) is 11.2. The number of carboxylic acid groups (broad SMARTS) is 1. The van der Waals surface area contributed by atoms with E-state index in [0.29, 0.717) is 21.9 Å². The van der Waals surface area contributed by atoms with E-state index in [1.165, 1.54) is 18.4 Å². The molecule has 0 bridgehead atoms. The van der Waals surface area contributed by atoms with Crippen LogP contribution in [0.15, 0.2) is 60.7 Å². The van der Waals surface area contributed by atoms with Crippen LogP contribution in [0.25, 0.3) is 21.7 Å². The van der Waals surface area contributed by atoms with Gasteiger partial charge < -0.3 is 19.9 Å². The van der Waals surface area contributed by atoms with Crippen molar-refractivity contribution in [3.05, 3.63) is 87.9 Å². The van der Waals surface area contributed by atoms with Crippen molar-refractivity contribution in [2.75, 3.05) is 14.2 Å². The molecule has 0 fully saturated rings. The quantitative estimate of drug-likeness (QED) is 0.319. The average molecular weight is 503 g/mol. The summed E-state index contributed by atoms with van der Waals surface area (Å²) in [6, 6.07) is 18.6. The molecule has 8 heteroatoms. The van der Waals surface area contributed by atoms with Crippen molar-refractivity contribution in [2.24, 2.45) is 0 Å². The van der Waals surface area contributed by atoms with Crippen molar-refractivity contribution < 1.29 is 24.2 Å². The molecule has 184 valence electrons. The first-order chi connectivity index (χ1) is 17.3. The average Bonchev–Trinajstić information content (AvgIpc) is 3.28. The number of benzene rings is 3. The van der Waals surface area contributed by atoms with Gasteiger partial charge in [-0.2, -0.15) is 0 Å². The number of nitrogens with zero attached hydrogens (tertiary/aromatic N) is 1. The predicted octanol–water partition coefficient (Wildman–Crippen LogP) is 5.74. The summed E-state index contributed by atoms with van der Waals surface area (Å²) in [5.74, 6) is -0.377. The summed E-state index contributed by atoms with van der Waals surface area (Å²) in [5.41, 5.74) is 5.15. The van der Waals surface area contributed by atoms with Gasteiger partial charge in [0.25, 0.3) is 5.91 Å². The third-order valence-electron chi connectivity index (χ3n) is 5.78. The molecule has 7 nitrogen and oxygen atoms in total. The molecule has 0 saturated heterocycles. The summed E-state index contributed by atoms with van der Waals surface area (Å²) < 4.78 is 10.6. The summed E-state index contributed by atoms with van der Waals surface area (Å²) in [5, 5.41) is 13.3. The molecule has 1 amide bonds. The molecule has 2 N–H and O–H groups in total. The Morgan fingerprint density at radius 2 is 1.50 bits per heavy atom. The van der Waals surface area contributed by atoms with Gasteiger partial charge in [-0.05, 0) is 49.2 Å². The smallest absolute Gasteiger partial charge is 0.339 e. The number of rotatable bonds is 8. The van der Waals surface area contributed by atoms with Gasteiger partial charge in [-0.1, -0.05) is 42.0 Å². The Hall–Kier alpha value is -4.17. The minimum Gasteiger partial charge on any atom is -0.496 e. The largest absolute Gasteiger partial charge is 0.496 e. The molecule has 0 aliphatic heterocycles. The Labute approximate surface area is 213 Å². The summed E-state index contributed by atoms with van der Waals surface area (Å²) in [4.78, 5) is 29.8. The number of carbonyl (C=O) groups excluding carboxylic acids is 1. The van der Waals surface area contributed by atoms with Crippen LogP contribution in [0.2, 0.25) is 0 Å². The van der Waals surface area contributed by atoms with Gasteiger partial charge in [-0.15, -0.1) is 11.3 Å². The standard InChI is InChI=1S/C28H26N2O5S/c1-16-5-7-18(8-6-16)27-30-17(2)25(36-27)26(31)29-15-21-13-19(9-11-23(21)34-3)20-10-12-24(35-4)22(14-20)28(32)33/h5-14H,15H2,1-4H3,(H,29,31)(H,32,33). The van der Waals surface area contributed by atoms with Crippen molar-refractivity contribution in [2.45, 2.75) is 20.4 Å². The molecule has 0 unspecified atom stereocenters. The van der Waals surface area contributed by atoms with E-state index >= 15 is 0 Å². The van der Waals surface area contributed by atoms with Crippen LogP contribution in [-0.2, 0) is 6.54 Å². The molecular formula is C28H26N2O5S. The van der Waals surface area contributed by atoms with Crippen molar-refractivity contribution in [1.29, 1.82) is 0 Å². The van der Waals surface area contributed by atoms with Crippen LogP contribution in [0.1, 0.15) is 36.9 Å². The fraction of sp³-hybridized carbons (Fsp3) is 0.179. The van der Waals surface area contributed by atoms with Gasteiger partial charge in [0.1, 0.15) is 26.9 Å². The van der Waals surface area contributed by atoms with E-state index in [0.717, 1.165) is 27.3 Å². The summed E-state index contributed by atoms with van der Waals surface area (Å²) in [6.45, 7) is 4.09. The van der Waals surface area contributed by atoms with Gasteiger partial charge in [0, 0.05) is 17.7 Å². The van der Waals surface area contributed by atoms with Crippen LogP contribution in [0.4, 0.5) is 0 Å². The Morgan fingerprint density at radius 3 is 2.14 bits per heavy atom. The maximum absolute atomic E-state index is 13.0. The number of aromatic carboxylic acids is 1.